The second-order valence-corrected chi connectivity index (χ2v) is 5.56. The summed E-state index contributed by atoms with van der Waals surface area (Å²) in [6.07, 6.45) is 3.49. The summed E-state index contributed by atoms with van der Waals surface area (Å²) in [5, 5.41) is 1.48. The van der Waals surface area contributed by atoms with Crippen LogP contribution in [0.4, 0.5) is 0 Å². The van der Waals surface area contributed by atoms with Crippen LogP contribution in [0.5, 0.6) is 0 Å². The largest absolute Gasteiger partial charge is 0.253 e. The third kappa shape index (κ3) is 2.30. The minimum Gasteiger partial charge on any atom is -0.253 e. The molecular weight excluding hydrogens is 230 g/mol. The van der Waals surface area contributed by atoms with Crippen molar-refractivity contribution in [1.29, 1.82) is 0 Å². The van der Waals surface area contributed by atoms with Gasteiger partial charge in [0.05, 0.1) is 5.52 Å². The van der Waals surface area contributed by atoms with Crippen molar-refractivity contribution in [3.8, 4) is 0 Å². The highest BCUT2D eigenvalue weighted by Crippen LogP contribution is 2.37. The number of fused-ring (bicyclic) bond motifs is 1. The lowest BCUT2D eigenvalue weighted by atomic mass is 10.1. The van der Waals surface area contributed by atoms with Crippen LogP contribution in [0.25, 0.3) is 10.9 Å². The lowest BCUT2D eigenvalue weighted by Crippen LogP contribution is -2.08. The maximum absolute atomic E-state index is 6.40. The molecule has 1 aliphatic carbocycles. The van der Waals surface area contributed by atoms with Crippen LogP contribution in [0.3, 0.4) is 0 Å². The summed E-state index contributed by atoms with van der Waals surface area (Å²) in [7, 11) is 0. The Balaban J connectivity index is 1.94. The normalized spacial score (nSPS) is 17.3. The lowest BCUT2D eigenvalue weighted by Gasteiger charge is -2.11. The number of aromatic nitrogens is 1. The highest BCUT2D eigenvalue weighted by atomic mass is 35.5. The topological polar surface area (TPSA) is 12.9 Å². The summed E-state index contributed by atoms with van der Waals surface area (Å²) >= 11 is 6.40. The Morgan fingerprint density at radius 2 is 2.12 bits per heavy atom. The van der Waals surface area contributed by atoms with Gasteiger partial charge < -0.3 is 0 Å². The van der Waals surface area contributed by atoms with E-state index < -0.39 is 0 Å². The maximum atomic E-state index is 6.40. The SMILES string of the molecule is Cc1cc2ccccc2nc1CC(Cl)C1CC1. The van der Waals surface area contributed by atoms with Crippen LogP contribution in [0, 0.1) is 12.8 Å². The van der Waals surface area contributed by atoms with Crippen LogP contribution in [0.1, 0.15) is 24.1 Å². The van der Waals surface area contributed by atoms with E-state index in [0.717, 1.165) is 23.5 Å². The van der Waals surface area contributed by atoms with Gasteiger partial charge in [0.25, 0.3) is 0 Å². The molecule has 0 radical (unpaired) electrons. The number of halogens is 1. The number of hydrogen-bond donors (Lipinski definition) is 0. The second kappa shape index (κ2) is 4.30. The van der Waals surface area contributed by atoms with Crippen molar-refractivity contribution in [2.24, 2.45) is 5.92 Å². The Bertz CT molecular complexity index is 546. The average Bonchev–Trinajstić information content (AvgIpc) is 3.14. The standard InChI is InChI=1S/C15H16ClN/c1-10-8-12-4-2-3-5-14(12)17-15(10)9-13(16)11-6-7-11/h2-5,8,11,13H,6-7,9H2,1H3. The van der Waals surface area contributed by atoms with Crippen molar-refractivity contribution in [2.45, 2.75) is 31.6 Å². The fourth-order valence-corrected chi connectivity index (χ4v) is 2.68. The van der Waals surface area contributed by atoms with Crippen molar-refractivity contribution >= 4 is 22.5 Å². The second-order valence-electron chi connectivity index (χ2n) is 5.00. The van der Waals surface area contributed by atoms with Crippen LogP contribution in [-0.4, -0.2) is 10.4 Å². The average molecular weight is 246 g/mol. The molecule has 0 aliphatic heterocycles. The van der Waals surface area contributed by atoms with Gasteiger partial charge in [-0.2, -0.15) is 0 Å². The first-order chi connectivity index (χ1) is 8.24. The number of benzene rings is 1. The van der Waals surface area contributed by atoms with Crippen LogP contribution < -0.4 is 0 Å². The number of rotatable bonds is 3. The molecule has 2 aromatic rings. The van der Waals surface area contributed by atoms with Crippen molar-refractivity contribution in [3.05, 3.63) is 41.6 Å². The molecule has 1 saturated carbocycles. The number of nitrogens with zero attached hydrogens (tertiary/aromatic N) is 1. The predicted octanol–water partition coefficient (Wildman–Crippen LogP) is 4.10. The van der Waals surface area contributed by atoms with Gasteiger partial charge >= 0.3 is 0 Å². The number of para-hydroxylation sites is 1. The van der Waals surface area contributed by atoms with E-state index in [1.165, 1.54) is 23.8 Å². The van der Waals surface area contributed by atoms with Gasteiger partial charge in [0.1, 0.15) is 0 Å². The Morgan fingerprint density at radius 1 is 1.35 bits per heavy atom. The molecule has 1 aromatic heterocycles. The number of pyridine rings is 1. The molecule has 1 heterocycles. The third-order valence-electron chi connectivity index (χ3n) is 3.54. The molecule has 0 spiro atoms. The Kier molecular flexibility index (Phi) is 2.79. The molecule has 0 N–H and O–H groups in total. The van der Waals surface area contributed by atoms with Crippen LogP contribution in [-0.2, 0) is 6.42 Å². The van der Waals surface area contributed by atoms with Gasteiger partial charge in [0, 0.05) is 22.9 Å². The van der Waals surface area contributed by atoms with Crippen molar-refractivity contribution in [3.63, 3.8) is 0 Å². The van der Waals surface area contributed by atoms with Gasteiger partial charge in [-0.05, 0) is 43.4 Å². The quantitative estimate of drug-likeness (QED) is 0.742. The molecule has 88 valence electrons. The smallest absolute Gasteiger partial charge is 0.0705 e. The molecule has 1 aliphatic rings. The number of alkyl halides is 1. The summed E-state index contributed by atoms with van der Waals surface area (Å²) in [4.78, 5) is 4.74. The van der Waals surface area contributed by atoms with E-state index in [0.29, 0.717) is 0 Å². The summed E-state index contributed by atoms with van der Waals surface area (Å²) in [5.74, 6) is 0.726. The zero-order chi connectivity index (χ0) is 11.8. The monoisotopic (exact) mass is 245 g/mol. The zero-order valence-electron chi connectivity index (χ0n) is 9.99. The first kappa shape index (κ1) is 11.0. The number of aryl methyl sites for hydroxylation is 1. The fraction of sp³-hybridized carbons (Fsp3) is 0.400. The van der Waals surface area contributed by atoms with E-state index in [4.69, 9.17) is 16.6 Å². The Hall–Kier alpha value is -1.08. The van der Waals surface area contributed by atoms with Gasteiger partial charge in [0.15, 0.2) is 0 Å². The minimum atomic E-state index is 0.266. The first-order valence-corrected chi connectivity index (χ1v) is 6.67. The summed E-state index contributed by atoms with van der Waals surface area (Å²) in [5.41, 5.74) is 3.50. The van der Waals surface area contributed by atoms with E-state index in [1.807, 2.05) is 6.07 Å². The molecular formula is C15H16ClN. The summed E-state index contributed by atoms with van der Waals surface area (Å²) in [6, 6.07) is 10.5. The van der Waals surface area contributed by atoms with Gasteiger partial charge in [-0.1, -0.05) is 18.2 Å². The van der Waals surface area contributed by atoms with E-state index in [1.54, 1.807) is 0 Å². The fourth-order valence-electron chi connectivity index (χ4n) is 2.28. The van der Waals surface area contributed by atoms with Crippen LogP contribution >= 0.6 is 11.6 Å². The first-order valence-electron chi connectivity index (χ1n) is 6.23. The molecule has 1 aromatic carbocycles. The van der Waals surface area contributed by atoms with Crippen molar-refractivity contribution in [1.82, 2.24) is 4.98 Å². The van der Waals surface area contributed by atoms with Gasteiger partial charge in [-0.15, -0.1) is 11.6 Å². The summed E-state index contributed by atoms with van der Waals surface area (Å²) < 4.78 is 0. The third-order valence-corrected chi connectivity index (χ3v) is 4.05. The van der Waals surface area contributed by atoms with Crippen LogP contribution in [0.2, 0.25) is 0 Å². The molecule has 3 rings (SSSR count). The molecule has 1 fully saturated rings. The lowest BCUT2D eigenvalue weighted by molar-refractivity contribution is 0.723. The Morgan fingerprint density at radius 3 is 2.88 bits per heavy atom. The van der Waals surface area contributed by atoms with Gasteiger partial charge in [-0.3, -0.25) is 4.98 Å². The zero-order valence-corrected chi connectivity index (χ0v) is 10.7. The van der Waals surface area contributed by atoms with E-state index in [-0.39, 0.29) is 5.38 Å². The molecule has 0 saturated heterocycles. The van der Waals surface area contributed by atoms with E-state index in [9.17, 15) is 0 Å². The maximum Gasteiger partial charge on any atom is 0.0705 e. The molecule has 1 nitrogen and oxygen atoms in total. The number of hydrogen-bond acceptors (Lipinski definition) is 1. The van der Waals surface area contributed by atoms with Crippen LogP contribution in [0.15, 0.2) is 30.3 Å². The molecule has 2 heteroatoms. The highest BCUT2D eigenvalue weighted by Gasteiger charge is 2.30. The highest BCUT2D eigenvalue weighted by molar-refractivity contribution is 6.21. The molecule has 17 heavy (non-hydrogen) atoms. The molecule has 0 bridgehead atoms. The Labute approximate surface area is 107 Å². The molecule has 0 amide bonds. The summed E-state index contributed by atoms with van der Waals surface area (Å²) in [6.45, 7) is 2.13. The van der Waals surface area contributed by atoms with Crippen molar-refractivity contribution in [2.75, 3.05) is 0 Å². The van der Waals surface area contributed by atoms with Gasteiger partial charge in [-0.25, -0.2) is 0 Å². The van der Waals surface area contributed by atoms with Crippen molar-refractivity contribution < 1.29 is 0 Å². The molecule has 1 atom stereocenters. The molecule has 1 unspecified atom stereocenters. The predicted molar refractivity (Wildman–Crippen MR) is 72.5 cm³/mol. The minimum absolute atomic E-state index is 0.266. The van der Waals surface area contributed by atoms with E-state index in [2.05, 4.69) is 31.2 Å². The van der Waals surface area contributed by atoms with E-state index >= 15 is 0 Å². The van der Waals surface area contributed by atoms with Gasteiger partial charge in [0.2, 0.25) is 0 Å².